The van der Waals surface area contributed by atoms with Gasteiger partial charge in [-0.15, -0.1) is 0 Å². The van der Waals surface area contributed by atoms with Gasteiger partial charge in [-0.1, -0.05) is 18.2 Å². The molecule has 1 aliphatic heterocycles. The molecule has 0 fully saturated rings. The molecule has 1 aromatic carbocycles. The van der Waals surface area contributed by atoms with Crippen LogP contribution in [0.4, 0.5) is 5.69 Å². The van der Waals surface area contributed by atoms with Crippen molar-refractivity contribution in [1.29, 1.82) is 0 Å². The fourth-order valence-corrected chi connectivity index (χ4v) is 3.16. The zero-order valence-corrected chi connectivity index (χ0v) is 15.3. The summed E-state index contributed by atoms with van der Waals surface area (Å²) in [4.78, 5) is 31.3. The third kappa shape index (κ3) is 3.40. The van der Waals surface area contributed by atoms with Gasteiger partial charge in [0.25, 0.3) is 5.56 Å². The number of aromatic nitrogens is 2. The molecule has 0 aliphatic carbocycles. The highest BCUT2D eigenvalue weighted by molar-refractivity contribution is 5.88. The second kappa shape index (κ2) is 7.56. The number of carbonyl (C=O) groups is 1. The average molecular weight is 353 g/mol. The molecule has 1 aliphatic rings. The average Bonchev–Trinajstić information content (AvgIpc) is 2.64. The highest BCUT2D eigenvalue weighted by Gasteiger charge is 2.26. The molecular weight excluding hydrogens is 330 g/mol. The van der Waals surface area contributed by atoms with Crippen LogP contribution in [0.25, 0.3) is 5.57 Å². The molecular formula is C20H23N3O3. The zero-order valence-electron chi connectivity index (χ0n) is 15.3. The first kappa shape index (κ1) is 17.9. The van der Waals surface area contributed by atoms with E-state index in [9.17, 15) is 9.59 Å². The number of anilines is 1. The maximum absolute atomic E-state index is 12.8. The number of para-hydroxylation sites is 1. The molecule has 2 heterocycles. The summed E-state index contributed by atoms with van der Waals surface area (Å²) in [6, 6.07) is 9.96. The number of rotatable bonds is 4. The molecule has 1 unspecified atom stereocenters. The molecule has 6 heteroatoms. The van der Waals surface area contributed by atoms with Gasteiger partial charge in [-0.2, -0.15) is 0 Å². The molecule has 1 aromatic heterocycles. The lowest BCUT2D eigenvalue weighted by molar-refractivity contribution is 0.0522. The minimum absolute atomic E-state index is 0.0138. The lowest BCUT2D eigenvalue weighted by atomic mass is 10.00. The van der Waals surface area contributed by atoms with E-state index < -0.39 is 5.97 Å². The molecule has 0 radical (unpaired) electrons. The molecule has 0 bridgehead atoms. The standard InChI is InChI=1S/C20H23N3O3/c1-4-26-20(25)17-12-21-18-15(11-10-14(2)23(18)19(17)24)13-22(3)16-8-6-5-7-9-16/h5-9,12-14H,4,10-11H2,1-3H3. The Hall–Kier alpha value is -2.89. The zero-order chi connectivity index (χ0) is 18.7. The van der Waals surface area contributed by atoms with E-state index in [1.807, 2.05) is 55.4 Å². The minimum atomic E-state index is -0.620. The van der Waals surface area contributed by atoms with Gasteiger partial charge < -0.3 is 9.64 Å². The van der Waals surface area contributed by atoms with Gasteiger partial charge >= 0.3 is 5.97 Å². The molecule has 1 atom stereocenters. The SMILES string of the molecule is CCOC(=O)c1cnc2n(c1=O)C(C)CCC2=CN(C)c1ccccc1. The molecule has 0 saturated carbocycles. The monoisotopic (exact) mass is 353 g/mol. The number of fused-ring (bicyclic) bond motifs is 1. The van der Waals surface area contributed by atoms with Crippen molar-refractivity contribution in [2.75, 3.05) is 18.6 Å². The Bertz CT molecular complexity index is 887. The third-order valence-electron chi connectivity index (χ3n) is 4.56. The normalized spacial score (nSPS) is 17.7. The molecule has 0 spiro atoms. The first-order valence-corrected chi connectivity index (χ1v) is 8.80. The third-order valence-corrected chi connectivity index (χ3v) is 4.56. The van der Waals surface area contributed by atoms with E-state index in [-0.39, 0.29) is 23.8 Å². The molecule has 0 saturated heterocycles. The number of benzene rings is 1. The van der Waals surface area contributed by atoms with Crippen LogP contribution in [0.15, 0.2) is 47.5 Å². The van der Waals surface area contributed by atoms with E-state index in [1.54, 1.807) is 11.5 Å². The predicted molar refractivity (Wildman–Crippen MR) is 101 cm³/mol. The van der Waals surface area contributed by atoms with Gasteiger partial charge in [0.15, 0.2) is 0 Å². The smallest absolute Gasteiger partial charge is 0.345 e. The van der Waals surface area contributed by atoms with Gasteiger partial charge in [0.05, 0.1) is 6.61 Å². The number of hydrogen-bond donors (Lipinski definition) is 0. The molecule has 0 amide bonds. The lowest BCUT2D eigenvalue weighted by Gasteiger charge is -2.27. The molecule has 0 N–H and O–H groups in total. The highest BCUT2D eigenvalue weighted by Crippen LogP contribution is 2.30. The van der Waals surface area contributed by atoms with E-state index in [0.717, 1.165) is 24.1 Å². The molecule has 3 rings (SSSR count). The van der Waals surface area contributed by atoms with Crippen molar-refractivity contribution in [2.45, 2.75) is 32.7 Å². The van der Waals surface area contributed by atoms with E-state index in [1.165, 1.54) is 6.20 Å². The van der Waals surface area contributed by atoms with Crippen LogP contribution in [-0.2, 0) is 4.74 Å². The predicted octanol–water partition coefficient (Wildman–Crippen LogP) is 3.25. The largest absolute Gasteiger partial charge is 0.462 e. The van der Waals surface area contributed by atoms with Crippen LogP contribution in [0, 0.1) is 0 Å². The summed E-state index contributed by atoms with van der Waals surface area (Å²) in [5, 5.41) is 0. The van der Waals surface area contributed by atoms with Gasteiger partial charge in [0.2, 0.25) is 0 Å². The van der Waals surface area contributed by atoms with Crippen molar-refractivity contribution in [2.24, 2.45) is 0 Å². The van der Waals surface area contributed by atoms with Crippen LogP contribution in [0.3, 0.4) is 0 Å². The number of esters is 1. The Kier molecular flexibility index (Phi) is 5.21. The Labute approximate surface area is 152 Å². The van der Waals surface area contributed by atoms with Crippen molar-refractivity contribution in [3.8, 4) is 0 Å². The minimum Gasteiger partial charge on any atom is -0.462 e. The summed E-state index contributed by atoms with van der Waals surface area (Å²) in [5.41, 5.74) is 1.67. The summed E-state index contributed by atoms with van der Waals surface area (Å²) < 4.78 is 6.58. The lowest BCUT2D eigenvalue weighted by Crippen LogP contribution is -2.34. The summed E-state index contributed by atoms with van der Waals surface area (Å²) in [5.74, 6) is -0.00501. The van der Waals surface area contributed by atoms with Gasteiger partial charge in [0, 0.05) is 36.7 Å². The van der Waals surface area contributed by atoms with Crippen LogP contribution in [-0.4, -0.2) is 29.2 Å². The van der Waals surface area contributed by atoms with Crippen LogP contribution in [0.1, 0.15) is 48.9 Å². The number of allylic oxidation sites excluding steroid dienone is 1. The maximum Gasteiger partial charge on any atom is 0.345 e. The first-order chi connectivity index (χ1) is 12.5. The fourth-order valence-electron chi connectivity index (χ4n) is 3.16. The van der Waals surface area contributed by atoms with Crippen molar-refractivity contribution >= 4 is 17.2 Å². The van der Waals surface area contributed by atoms with Gasteiger partial charge in [-0.3, -0.25) is 9.36 Å². The van der Waals surface area contributed by atoms with Crippen molar-refractivity contribution in [3.63, 3.8) is 0 Å². The summed E-state index contributed by atoms with van der Waals surface area (Å²) in [6.07, 6.45) is 4.98. The Balaban J connectivity index is 2.03. The highest BCUT2D eigenvalue weighted by atomic mass is 16.5. The fraction of sp³-hybridized carbons (Fsp3) is 0.350. The first-order valence-electron chi connectivity index (χ1n) is 8.80. The van der Waals surface area contributed by atoms with Gasteiger partial charge in [-0.05, 0) is 38.8 Å². The molecule has 136 valence electrons. The Morgan fingerprint density at radius 3 is 2.81 bits per heavy atom. The number of carbonyl (C=O) groups excluding carboxylic acids is 1. The quantitative estimate of drug-likeness (QED) is 0.790. The van der Waals surface area contributed by atoms with Crippen molar-refractivity contribution < 1.29 is 9.53 Å². The number of ether oxygens (including phenoxy) is 1. The summed E-state index contributed by atoms with van der Waals surface area (Å²) in [7, 11) is 1.97. The molecule has 6 nitrogen and oxygen atoms in total. The van der Waals surface area contributed by atoms with Gasteiger partial charge in [-0.25, -0.2) is 9.78 Å². The van der Waals surface area contributed by atoms with Crippen molar-refractivity contribution in [3.05, 3.63) is 64.5 Å². The van der Waals surface area contributed by atoms with E-state index in [4.69, 9.17) is 4.74 Å². The Morgan fingerprint density at radius 2 is 2.12 bits per heavy atom. The van der Waals surface area contributed by atoms with Crippen LogP contribution in [0.2, 0.25) is 0 Å². The molecule has 2 aromatic rings. The number of nitrogens with zero attached hydrogens (tertiary/aromatic N) is 3. The van der Waals surface area contributed by atoms with Crippen LogP contribution < -0.4 is 10.5 Å². The van der Waals surface area contributed by atoms with Crippen LogP contribution in [0.5, 0.6) is 0 Å². The van der Waals surface area contributed by atoms with Gasteiger partial charge in [0.1, 0.15) is 11.4 Å². The second-order valence-corrected chi connectivity index (χ2v) is 6.38. The van der Waals surface area contributed by atoms with E-state index in [0.29, 0.717) is 5.82 Å². The number of hydrogen-bond acceptors (Lipinski definition) is 5. The summed E-state index contributed by atoms with van der Waals surface area (Å²) in [6.45, 7) is 3.91. The topological polar surface area (TPSA) is 64.4 Å². The van der Waals surface area contributed by atoms with Crippen molar-refractivity contribution in [1.82, 2.24) is 9.55 Å². The summed E-state index contributed by atoms with van der Waals surface area (Å²) >= 11 is 0. The molecule has 26 heavy (non-hydrogen) atoms. The maximum atomic E-state index is 12.8. The Morgan fingerprint density at radius 1 is 1.38 bits per heavy atom. The van der Waals surface area contributed by atoms with E-state index >= 15 is 0 Å². The van der Waals surface area contributed by atoms with Crippen LogP contribution >= 0.6 is 0 Å². The second-order valence-electron chi connectivity index (χ2n) is 6.38. The van der Waals surface area contributed by atoms with E-state index in [2.05, 4.69) is 4.98 Å².